The van der Waals surface area contributed by atoms with E-state index in [1.165, 1.54) is 12.1 Å². The molecule has 6 heteroatoms. The summed E-state index contributed by atoms with van der Waals surface area (Å²) >= 11 is 0. The van der Waals surface area contributed by atoms with Crippen molar-refractivity contribution >= 4 is 17.8 Å². The molecule has 0 aliphatic heterocycles. The first-order valence-electron chi connectivity index (χ1n) is 5.59. The van der Waals surface area contributed by atoms with Crippen LogP contribution in [0.1, 0.15) is 15.9 Å². The van der Waals surface area contributed by atoms with Gasteiger partial charge < -0.3 is 11.1 Å². The Hall–Kier alpha value is -2.63. The highest BCUT2D eigenvalue weighted by Gasteiger charge is 2.08. The van der Waals surface area contributed by atoms with Gasteiger partial charge in [-0.3, -0.25) is 4.79 Å². The molecule has 19 heavy (non-hydrogen) atoms. The Labute approximate surface area is 109 Å². The van der Waals surface area contributed by atoms with Crippen molar-refractivity contribution in [3.63, 3.8) is 0 Å². The van der Waals surface area contributed by atoms with Gasteiger partial charge in [0.25, 0.3) is 5.91 Å². The van der Waals surface area contributed by atoms with Crippen molar-refractivity contribution in [3.8, 4) is 0 Å². The minimum atomic E-state index is -0.791. The number of benzene rings is 1. The van der Waals surface area contributed by atoms with Crippen LogP contribution in [0.15, 0.2) is 37.2 Å². The first kappa shape index (κ1) is 12.8. The Balaban J connectivity index is 2.09. The Morgan fingerprint density at radius 2 is 2.37 bits per heavy atom. The van der Waals surface area contributed by atoms with Gasteiger partial charge in [-0.1, -0.05) is 6.58 Å². The number of hydrogen-bond donors (Lipinski definition) is 2. The molecule has 0 aliphatic rings. The fourth-order valence-corrected chi connectivity index (χ4v) is 1.60. The van der Waals surface area contributed by atoms with Crippen molar-refractivity contribution in [2.45, 2.75) is 6.54 Å². The molecule has 0 bridgehead atoms. The molecular weight excluding hydrogens is 247 g/mol. The third kappa shape index (κ3) is 2.98. The summed E-state index contributed by atoms with van der Waals surface area (Å²) in [5, 5.41) is 7.09. The summed E-state index contributed by atoms with van der Waals surface area (Å²) in [5.74, 6) is -1.42. The summed E-state index contributed by atoms with van der Waals surface area (Å²) in [4.78, 5) is 11.0. The van der Waals surface area contributed by atoms with Crippen LogP contribution in [0.4, 0.5) is 10.1 Å². The number of carbonyl (C=O) groups excluding carboxylic acids is 1. The van der Waals surface area contributed by atoms with Crippen LogP contribution in [0, 0.1) is 5.82 Å². The summed E-state index contributed by atoms with van der Waals surface area (Å²) in [6.45, 7) is 4.09. The molecule has 2 rings (SSSR count). The minimum absolute atomic E-state index is 0.133. The third-order valence-corrected chi connectivity index (χ3v) is 2.57. The highest BCUT2D eigenvalue weighted by Crippen LogP contribution is 2.15. The van der Waals surface area contributed by atoms with E-state index in [0.29, 0.717) is 12.2 Å². The smallest absolute Gasteiger partial charge is 0.251 e. The number of nitrogens with zero attached hydrogens (tertiary/aromatic N) is 2. The molecule has 0 radical (unpaired) electrons. The van der Waals surface area contributed by atoms with Gasteiger partial charge in [0, 0.05) is 30.2 Å². The van der Waals surface area contributed by atoms with Crippen LogP contribution in [-0.4, -0.2) is 15.7 Å². The van der Waals surface area contributed by atoms with Crippen molar-refractivity contribution < 1.29 is 9.18 Å². The second kappa shape index (κ2) is 5.34. The van der Waals surface area contributed by atoms with Crippen molar-refractivity contribution in [2.24, 2.45) is 5.73 Å². The Bertz CT molecular complexity index is 621. The number of rotatable bonds is 5. The van der Waals surface area contributed by atoms with Gasteiger partial charge in [-0.05, 0) is 18.2 Å². The molecule has 0 atom stereocenters. The van der Waals surface area contributed by atoms with E-state index in [1.54, 1.807) is 29.3 Å². The van der Waals surface area contributed by atoms with Crippen LogP contribution in [0.2, 0.25) is 0 Å². The monoisotopic (exact) mass is 260 g/mol. The van der Waals surface area contributed by atoms with Gasteiger partial charge in [0.2, 0.25) is 0 Å². The molecule has 5 nitrogen and oxygen atoms in total. The number of amides is 1. The van der Waals surface area contributed by atoms with Crippen LogP contribution >= 0.6 is 0 Å². The SMILES string of the molecule is C=Cn1cc(CNc2ccc(F)c(C(N)=O)c2)cn1. The second-order valence-corrected chi connectivity index (χ2v) is 3.92. The molecule has 3 N–H and O–H groups in total. The average molecular weight is 260 g/mol. The van der Waals surface area contributed by atoms with Crippen LogP contribution in [0.25, 0.3) is 6.20 Å². The van der Waals surface area contributed by atoms with Gasteiger partial charge in [0.15, 0.2) is 0 Å². The van der Waals surface area contributed by atoms with Crippen molar-refractivity contribution in [1.29, 1.82) is 0 Å². The number of nitrogens with two attached hydrogens (primary N) is 1. The van der Waals surface area contributed by atoms with E-state index in [1.807, 2.05) is 0 Å². The molecule has 1 aromatic heterocycles. The predicted molar refractivity (Wildman–Crippen MR) is 70.9 cm³/mol. The van der Waals surface area contributed by atoms with E-state index in [-0.39, 0.29) is 5.56 Å². The number of anilines is 1. The lowest BCUT2D eigenvalue weighted by molar-refractivity contribution is 0.0996. The van der Waals surface area contributed by atoms with E-state index >= 15 is 0 Å². The average Bonchev–Trinajstić information content (AvgIpc) is 2.85. The number of nitrogens with one attached hydrogen (secondary N) is 1. The molecule has 1 amide bonds. The molecular formula is C13H13FN4O. The number of hydrogen-bond acceptors (Lipinski definition) is 3. The molecule has 0 spiro atoms. The van der Waals surface area contributed by atoms with Gasteiger partial charge in [0.1, 0.15) is 5.82 Å². The first-order valence-corrected chi connectivity index (χ1v) is 5.59. The van der Waals surface area contributed by atoms with Gasteiger partial charge >= 0.3 is 0 Å². The highest BCUT2D eigenvalue weighted by molar-refractivity contribution is 5.94. The van der Waals surface area contributed by atoms with E-state index in [2.05, 4.69) is 17.0 Å². The Morgan fingerprint density at radius 3 is 3.00 bits per heavy atom. The van der Waals surface area contributed by atoms with Crippen LogP contribution < -0.4 is 11.1 Å². The zero-order valence-corrected chi connectivity index (χ0v) is 10.1. The number of aromatic nitrogens is 2. The second-order valence-electron chi connectivity index (χ2n) is 3.92. The molecule has 2 aromatic rings. The zero-order chi connectivity index (χ0) is 13.8. The van der Waals surface area contributed by atoms with Gasteiger partial charge in [-0.25, -0.2) is 9.07 Å². The predicted octanol–water partition coefficient (Wildman–Crippen LogP) is 1.83. The number of halogens is 1. The van der Waals surface area contributed by atoms with Crippen LogP contribution in [-0.2, 0) is 6.54 Å². The molecule has 0 saturated heterocycles. The minimum Gasteiger partial charge on any atom is -0.381 e. The molecule has 1 heterocycles. The lowest BCUT2D eigenvalue weighted by Gasteiger charge is -2.06. The fourth-order valence-electron chi connectivity index (χ4n) is 1.60. The fraction of sp³-hybridized carbons (Fsp3) is 0.0769. The number of primary amides is 1. The maximum Gasteiger partial charge on any atom is 0.251 e. The Morgan fingerprint density at radius 1 is 1.58 bits per heavy atom. The topological polar surface area (TPSA) is 72.9 Å². The summed E-state index contributed by atoms with van der Waals surface area (Å²) in [7, 11) is 0. The molecule has 0 unspecified atom stereocenters. The van der Waals surface area contributed by atoms with Crippen LogP contribution in [0.5, 0.6) is 0 Å². The van der Waals surface area contributed by atoms with E-state index in [9.17, 15) is 9.18 Å². The molecule has 0 saturated carbocycles. The Kier molecular flexibility index (Phi) is 3.61. The maximum atomic E-state index is 13.3. The summed E-state index contributed by atoms with van der Waals surface area (Å²) in [6.07, 6.45) is 5.07. The van der Waals surface area contributed by atoms with Gasteiger partial charge in [-0.15, -0.1) is 0 Å². The van der Waals surface area contributed by atoms with Crippen molar-refractivity contribution in [3.05, 3.63) is 54.1 Å². The molecule has 0 fully saturated rings. The highest BCUT2D eigenvalue weighted by atomic mass is 19.1. The quantitative estimate of drug-likeness (QED) is 0.861. The third-order valence-electron chi connectivity index (χ3n) is 2.57. The first-order chi connectivity index (χ1) is 9.10. The molecule has 0 aliphatic carbocycles. The summed E-state index contributed by atoms with van der Waals surface area (Å²) < 4.78 is 14.9. The molecule has 98 valence electrons. The summed E-state index contributed by atoms with van der Waals surface area (Å²) in [5.41, 5.74) is 6.50. The molecule has 1 aromatic carbocycles. The summed E-state index contributed by atoms with van der Waals surface area (Å²) in [6, 6.07) is 4.13. The maximum absolute atomic E-state index is 13.3. The lowest BCUT2D eigenvalue weighted by atomic mass is 10.1. The van der Waals surface area contributed by atoms with E-state index in [4.69, 9.17) is 5.73 Å². The van der Waals surface area contributed by atoms with Gasteiger partial charge in [0.05, 0.1) is 11.8 Å². The normalized spacial score (nSPS) is 10.2. The number of carbonyl (C=O) groups is 1. The standard InChI is InChI=1S/C13H13FN4O/c1-2-18-8-9(7-17-18)6-16-10-3-4-12(14)11(5-10)13(15)19/h2-5,7-8,16H,1,6H2,(H2,15,19). The largest absolute Gasteiger partial charge is 0.381 e. The van der Waals surface area contributed by atoms with Crippen molar-refractivity contribution in [2.75, 3.05) is 5.32 Å². The van der Waals surface area contributed by atoms with Gasteiger partial charge in [-0.2, -0.15) is 5.10 Å². The van der Waals surface area contributed by atoms with E-state index in [0.717, 1.165) is 5.56 Å². The van der Waals surface area contributed by atoms with Crippen molar-refractivity contribution in [1.82, 2.24) is 9.78 Å². The van der Waals surface area contributed by atoms with E-state index < -0.39 is 11.7 Å². The lowest BCUT2D eigenvalue weighted by Crippen LogP contribution is -2.13. The van der Waals surface area contributed by atoms with Crippen LogP contribution in [0.3, 0.4) is 0 Å². The zero-order valence-electron chi connectivity index (χ0n) is 10.1.